The quantitative estimate of drug-likeness (QED) is 0.178. The van der Waals surface area contributed by atoms with Gasteiger partial charge in [-0.3, -0.25) is 9.13 Å². The highest BCUT2D eigenvalue weighted by Crippen LogP contribution is 2.49. The standard InChI is InChI=1S/C50H27N5S/c1-2-14-29-28(13-1)25-26-33-37-27-36-32-17-5-8-20-38(32)53-41-23-11-6-18-34(41)43(46(36)53)47(37)55(45(29)33)49-48-44(35-19-7-12-24-42(35)56-48)51-50(52-49)54-39-21-9-3-15-30(39)31-16-4-10-22-40(31)54/h1-27H. The summed E-state index contributed by atoms with van der Waals surface area (Å²) in [4.78, 5) is 11.3. The smallest absolute Gasteiger partial charge is 0.237 e. The average Bonchev–Trinajstić information content (AvgIpc) is 4.05. The first-order valence-corrected chi connectivity index (χ1v) is 19.8. The maximum atomic E-state index is 5.78. The Morgan fingerprint density at radius 2 is 0.964 bits per heavy atom. The highest BCUT2D eigenvalue weighted by Gasteiger charge is 2.28. The molecule has 0 amide bonds. The van der Waals surface area contributed by atoms with E-state index in [0.717, 1.165) is 38.0 Å². The summed E-state index contributed by atoms with van der Waals surface area (Å²) < 4.78 is 9.51. The predicted octanol–water partition coefficient (Wildman–Crippen LogP) is 13.3. The summed E-state index contributed by atoms with van der Waals surface area (Å²) in [6.45, 7) is 0. The Kier molecular flexibility index (Phi) is 5.34. The summed E-state index contributed by atoms with van der Waals surface area (Å²) in [6.07, 6.45) is 0. The number of hydrogen-bond acceptors (Lipinski definition) is 3. The van der Waals surface area contributed by atoms with E-state index in [0.29, 0.717) is 5.95 Å². The third-order valence-electron chi connectivity index (χ3n) is 12.2. The van der Waals surface area contributed by atoms with Gasteiger partial charge in [-0.25, -0.2) is 4.98 Å². The predicted molar refractivity (Wildman–Crippen MR) is 236 cm³/mol. The molecule has 14 rings (SSSR count). The molecule has 0 aliphatic rings. The Bertz CT molecular complexity index is 3960. The van der Waals surface area contributed by atoms with Crippen molar-refractivity contribution in [3.8, 4) is 11.8 Å². The van der Waals surface area contributed by atoms with Crippen LogP contribution in [0, 0.1) is 0 Å². The van der Waals surface area contributed by atoms with E-state index in [2.05, 4.69) is 177 Å². The van der Waals surface area contributed by atoms with Gasteiger partial charge in [0.2, 0.25) is 5.95 Å². The fourth-order valence-corrected chi connectivity index (χ4v) is 11.1. The average molecular weight is 730 g/mol. The first-order chi connectivity index (χ1) is 27.8. The molecule has 6 aromatic heterocycles. The molecule has 0 fully saturated rings. The lowest BCUT2D eigenvalue weighted by Crippen LogP contribution is -2.06. The molecule has 0 saturated carbocycles. The van der Waals surface area contributed by atoms with Gasteiger partial charge in [0, 0.05) is 58.6 Å². The Labute approximate surface area is 321 Å². The summed E-state index contributed by atoms with van der Waals surface area (Å²) in [5.74, 6) is 1.56. The second-order valence-corrected chi connectivity index (χ2v) is 16.0. The van der Waals surface area contributed by atoms with E-state index in [1.165, 1.54) is 80.6 Å². The molecule has 0 saturated heterocycles. The zero-order chi connectivity index (χ0) is 36.2. The first kappa shape index (κ1) is 29.1. The van der Waals surface area contributed by atoms with Gasteiger partial charge in [0.15, 0.2) is 5.82 Å². The largest absolute Gasteiger partial charge is 0.308 e. The van der Waals surface area contributed by atoms with Crippen molar-refractivity contribution in [3.63, 3.8) is 0 Å². The molecule has 0 unspecified atom stereocenters. The van der Waals surface area contributed by atoms with Crippen molar-refractivity contribution in [1.29, 1.82) is 0 Å². The van der Waals surface area contributed by atoms with E-state index in [-0.39, 0.29) is 0 Å². The minimum Gasteiger partial charge on any atom is -0.308 e. The lowest BCUT2D eigenvalue weighted by molar-refractivity contribution is 0.978. The van der Waals surface area contributed by atoms with Gasteiger partial charge in [0.1, 0.15) is 0 Å². The highest BCUT2D eigenvalue weighted by atomic mass is 32.1. The third kappa shape index (κ3) is 3.47. The van der Waals surface area contributed by atoms with Crippen molar-refractivity contribution in [2.24, 2.45) is 0 Å². The molecule has 6 heteroatoms. The zero-order valence-corrected chi connectivity index (χ0v) is 30.5. The van der Waals surface area contributed by atoms with Crippen LogP contribution in [0.25, 0.3) is 125 Å². The number of para-hydroxylation sites is 4. The van der Waals surface area contributed by atoms with Crippen LogP contribution in [0.5, 0.6) is 0 Å². The molecule has 56 heavy (non-hydrogen) atoms. The van der Waals surface area contributed by atoms with Gasteiger partial charge in [0.05, 0.1) is 48.8 Å². The second kappa shape index (κ2) is 10.3. The van der Waals surface area contributed by atoms with Crippen molar-refractivity contribution < 1.29 is 0 Å². The Hall–Kier alpha value is -7.28. The fraction of sp³-hybridized carbons (Fsp3) is 0. The normalized spacial score (nSPS) is 12.6. The molecule has 14 aromatic rings. The molecule has 0 atom stereocenters. The van der Waals surface area contributed by atoms with Gasteiger partial charge in [-0.2, -0.15) is 4.98 Å². The van der Waals surface area contributed by atoms with Crippen LogP contribution in [0.1, 0.15) is 0 Å². The van der Waals surface area contributed by atoms with Crippen LogP contribution in [-0.4, -0.2) is 23.5 Å². The van der Waals surface area contributed by atoms with E-state index in [4.69, 9.17) is 9.97 Å². The molecule has 258 valence electrons. The summed E-state index contributed by atoms with van der Waals surface area (Å²) in [5, 5.41) is 13.4. The topological polar surface area (TPSA) is 40.0 Å². The zero-order valence-electron chi connectivity index (χ0n) is 29.7. The van der Waals surface area contributed by atoms with Crippen molar-refractivity contribution in [1.82, 2.24) is 23.5 Å². The lowest BCUT2D eigenvalue weighted by Gasteiger charge is -2.14. The van der Waals surface area contributed by atoms with Gasteiger partial charge < -0.3 is 4.40 Å². The molecular formula is C50H27N5S. The molecule has 0 N–H and O–H groups in total. The number of fused-ring (bicyclic) bond motifs is 18. The monoisotopic (exact) mass is 729 g/mol. The van der Waals surface area contributed by atoms with E-state index < -0.39 is 0 Å². The Morgan fingerprint density at radius 1 is 0.393 bits per heavy atom. The highest BCUT2D eigenvalue weighted by molar-refractivity contribution is 7.26. The SMILES string of the molecule is c1ccc2c(c1)ccc1c3cc4c5ccccc5n5c6ccccc6c(c3n(-c3nc(-n6c7ccccc7c7ccccc76)nc6c3sc3ccccc36)c21)c45. The Morgan fingerprint density at radius 3 is 1.71 bits per heavy atom. The molecule has 0 aliphatic carbocycles. The lowest BCUT2D eigenvalue weighted by atomic mass is 10.0. The van der Waals surface area contributed by atoms with Crippen LogP contribution in [0.2, 0.25) is 0 Å². The van der Waals surface area contributed by atoms with E-state index in [1.807, 2.05) is 0 Å². The summed E-state index contributed by atoms with van der Waals surface area (Å²) in [6, 6.07) is 59.5. The molecule has 0 radical (unpaired) electrons. The number of nitrogens with zero attached hydrogens (tertiary/aromatic N) is 5. The molecule has 0 aliphatic heterocycles. The number of aromatic nitrogens is 5. The Balaban J connectivity index is 1.27. The molecule has 6 heterocycles. The minimum absolute atomic E-state index is 0.663. The number of rotatable bonds is 2. The van der Waals surface area contributed by atoms with Crippen molar-refractivity contribution in [3.05, 3.63) is 164 Å². The van der Waals surface area contributed by atoms with Crippen LogP contribution in [0.15, 0.2) is 164 Å². The molecule has 8 aromatic carbocycles. The number of hydrogen-bond donors (Lipinski definition) is 0. The summed E-state index contributed by atoms with van der Waals surface area (Å²) >= 11 is 1.78. The molecular weight excluding hydrogens is 703 g/mol. The fourth-order valence-electron chi connectivity index (χ4n) is 9.93. The van der Waals surface area contributed by atoms with Gasteiger partial charge in [-0.1, -0.05) is 127 Å². The van der Waals surface area contributed by atoms with E-state index in [9.17, 15) is 0 Å². The maximum Gasteiger partial charge on any atom is 0.237 e. The van der Waals surface area contributed by atoms with Crippen molar-refractivity contribution >= 4 is 124 Å². The van der Waals surface area contributed by atoms with Gasteiger partial charge >= 0.3 is 0 Å². The van der Waals surface area contributed by atoms with Crippen LogP contribution in [0.4, 0.5) is 0 Å². The van der Waals surface area contributed by atoms with Gasteiger partial charge in [-0.15, -0.1) is 11.3 Å². The van der Waals surface area contributed by atoms with Crippen LogP contribution >= 0.6 is 11.3 Å². The number of benzene rings is 8. The first-order valence-electron chi connectivity index (χ1n) is 19.0. The maximum absolute atomic E-state index is 5.78. The number of thiophene rings is 1. The second-order valence-electron chi connectivity index (χ2n) is 14.9. The van der Waals surface area contributed by atoms with Crippen molar-refractivity contribution in [2.75, 3.05) is 0 Å². The van der Waals surface area contributed by atoms with Crippen molar-refractivity contribution in [2.45, 2.75) is 0 Å². The van der Waals surface area contributed by atoms with Crippen LogP contribution in [0.3, 0.4) is 0 Å². The van der Waals surface area contributed by atoms with Crippen LogP contribution in [-0.2, 0) is 0 Å². The van der Waals surface area contributed by atoms with Gasteiger partial charge in [0.25, 0.3) is 0 Å². The molecule has 0 spiro atoms. The van der Waals surface area contributed by atoms with Gasteiger partial charge in [-0.05, 0) is 41.8 Å². The molecule has 5 nitrogen and oxygen atoms in total. The molecule has 0 bridgehead atoms. The third-order valence-corrected chi connectivity index (χ3v) is 13.3. The van der Waals surface area contributed by atoms with E-state index in [1.54, 1.807) is 11.3 Å². The van der Waals surface area contributed by atoms with Crippen LogP contribution < -0.4 is 0 Å². The summed E-state index contributed by atoms with van der Waals surface area (Å²) in [5.41, 5.74) is 9.16. The summed E-state index contributed by atoms with van der Waals surface area (Å²) in [7, 11) is 0. The van der Waals surface area contributed by atoms with E-state index >= 15 is 0 Å². The minimum atomic E-state index is 0.663.